The van der Waals surface area contributed by atoms with Gasteiger partial charge in [0.25, 0.3) is 0 Å². The van der Waals surface area contributed by atoms with Crippen molar-refractivity contribution in [1.29, 1.82) is 5.26 Å². The number of nitrogen functional groups attached to an aromatic ring is 1. The van der Waals surface area contributed by atoms with Crippen molar-refractivity contribution in [3.8, 4) is 6.07 Å². The average Bonchev–Trinajstić information content (AvgIpc) is 2.16. The van der Waals surface area contributed by atoms with Gasteiger partial charge in [0.2, 0.25) is 11.5 Å². The third kappa shape index (κ3) is 1.78. The number of nitriles is 1. The van der Waals surface area contributed by atoms with E-state index < -0.39 is 32.7 Å². The maximum Gasteiger partial charge on any atom is 0.318 e. The number of rotatable bonds is 2. The highest BCUT2D eigenvalue weighted by atomic mass is 16.6. The van der Waals surface area contributed by atoms with Gasteiger partial charge in [0, 0.05) is 0 Å². The second-order valence-electron chi connectivity index (χ2n) is 2.39. The van der Waals surface area contributed by atoms with E-state index in [1.807, 2.05) is 0 Å². The van der Waals surface area contributed by atoms with Crippen LogP contribution in [0.4, 0.5) is 17.2 Å². The molecule has 0 aliphatic rings. The van der Waals surface area contributed by atoms with Gasteiger partial charge in [0.1, 0.15) is 12.1 Å². The maximum atomic E-state index is 10.4. The van der Waals surface area contributed by atoms with Crippen LogP contribution in [-0.2, 0) is 0 Å². The van der Waals surface area contributed by atoms with Gasteiger partial charge in [-0.15, -0.1) is 0 Å². The molecule has 0 fully saturated rings. The second kappa shape index (κ2) is 3.54. The molecule has 0 bridgehead atoms. The summed E-state index contributed by atoms with van der Waals surface area (Å²) in [5, 5.41) is 29.3. The summed E-state index contributed by atoms with van der Waals surface area (Å²) in [6, 6.07) is 2.04. The topological polar surface area (TPSA) is 149 Å². The Labute approximate surface area is 82.1 Å². The minimum atomic E-state index is -0.933. The van der Waals surface area contributed by atoms with Gasteiger partial charge in [-0.1, -0.05) is 0 Å². The van der Waals surface area contributed by atoms with E-state index in [9.17, 15) is 20.2 Å². The molecule has 1 rings (SSSR count). The zero-order chi connectivity index (χ0) is 11.6. The number of nitrogens with zero attached hydrogens (tertiary/aromatic N) is 4. The molecule has 0 saturated heterocycles. The molecule has 1 aromatic heterocycles. The molecule has 0 unspecified atom stereocenters. The summed E-state index contributed by atoms with van der Waals surface area (Å²) in [5.41, 5.74) is 3.16. The third-order valence-electron chi connectivity index (χ3n) is 1.51. The van der Waals surface area contributed by atoms with Crippen LogP contribution < -0.4 is 5.73 Å². The van der Waals surface area contributed by atoms with Gasteiger partial charge in [-0.05, 0) is 0 Å². The van der Waals surface area contributed by atoms with Crippen molar-refractivity contribution >= 4 is 17.2 Å². The van der Waals surface area contributed by atoms with Crippen molar-refractivity contribution in [1.82, 2.24) is 4.98 Å². The van der Waals surface area contributed by atoms with Crippen molar-refractivity contribution in [2.24, 2.45) is 0 Å². The fourth-order valence-electron chi connectivity index (χ4n) is 0.874. The molecule has 0 spiro atoms. The van der Waals surface area contributed by atoms with Crippen LogP contribution in [-0.4, -0.2) is 14.8 Å². The number of nitrogens with two attached hydrogens (primary N) is 1. The van der Waals surface area contributed by atoms with E-state index >= 15 is 0 Å². The number of nitro groups is 2. The minimum Gasteiger partial charge on any atom is -0.378 e. The number of hydrogen-bond donors (Lipinski definition) is 1. The number of anilines is 1. The van der Waals surface area contributed by atoms with Crippen LogP contribution in [0.2, 0.25) is 0 Å². The zero-order valence-electron chi connectivity index (χ0n) is 7.08. The van der Waals surface area contributed by atoms with Gasteiger partial charge in [-0.2, -0.15) is 5.26 Å². The Morgan fingerprint density at radius 3 is 2.27 bits per heavy atom. The second-order valence-corrected chi connectivity index (χ2v) is 2.39. The van der Waals surface area contributed by atoms with E-state index in [1.165, 1.54) is 6.07 Å². The molecule has 9 heteroatoms. The lowest BCUT2D eigenvalue weighted by atomic mass is 10.3. The summed E-state index contributed by atoms with van der Waals surface area (Å²) in [5.74, 6) is -0.526. The number of pyridine rings is 1. The molecule has 1 heterocycles. The molecule has 15 heavy (non-hydrogen) atoms. The quantitative estimate of drug-likeness (QED) is 0.545. The molecule has 1 aromatic rings. The fraction of sp³-hybridized carbons (Fsp3) is 0. The molecule has 0 radical (unpaired) electrons. The lowest BCUT2D eigenvalue weighted by Crippen LogP contribution is -2.03. The van der Waals surface area contributed by atoms with Crippen LogP contribution in [0, 0.1) is 31.6 Å². The van der Waals surface area contributed by atoms with Crippen molar-refractivity contribution in [2.45, 2.75) is 0 Å². The zero-order valence-corrected chi connectivity index (χ0v) is 7.08. The van der Waals surface area contributed by atoms with E-state index in [0.29, 0.717) is 6.07 Å². The molecule has 76 valence electrons. The number of aromatic nitrogens is 1. The SMILES string of the molecule is N#Cc1nc(N)c([N+](=O)[O-])cc1[N+](=O)[O-]. The Balaban J connectivity index is 3.52. The highest BCUT2D eigenvalue weighted by Gasteiger charge is 2.24. The Morgan fingerprint density at radius 1 is 1.33 bits per heavy atom. The van der Waals surface area contributed by atoms with E-state index in [1.54, 1.807) is 0 Å². The maximum absolute atomic E-state index is 10.4. The first-order chi connectivity index (χ1) is 6.97. The van der Waals surface area contributed by atoms with Crippen LogP contribution in [0.1, 0.15) is 5.69 Å². The summed E-state index contributed by atoms with van der Waals surface area (Å²) >= 11 is 0. The van der Waals surface area contributed by atoms with Gasteiger partial charge in [0.15, 0.2) is 0 Å². The summed E-state index contributed by atoms with van der Waals surface area (Å²) < 4.78 is 0. The Hall–Kier alpha value is -2.76. The van der Waals surface area contributed by atoms with Gasteiger partial charge < -0.3 is 5.73 Å². The standard InChI is InChI=1S/C6H3N5O4/c7-2-3-4(10(12)13)1-5(11(14)15)6(8)9-3/h1H,(H2,8,9). The molecular weight excluding hydrogens is 206 g/mol. The van der Waals surface area contributed by atoms with Gasteiger partial charge in [0.05, 0.1) is 9.85 Å². The van der Waals surface area contributed by atoms with Gasteiger partial charge in [-0.3, -0.25) is 20.2 Å². The molecule has 0 aromatic carbocycles. The molecule has 0 aliphatic heterocycles. The fourth-order valence-corrected chi connectivity index (χ4v) is 0.874. The summed E-state index contributed by atoms with van der Waals surface area (Å²) in [7, 11) is 0. The Morgan fingerprint density at radius 2 is 1.87 bits per heavy atom. The molecule has 0 saturated carbocycles. The molecule has 9 nitrogen and oxygen atoms in total. The van der Waals surface area contributed by atoms with Crippen LogP contribution in [0.15, 0.2) is 6.07 Å². The van der Waals surface area contributed by atoms with Crippen LogP contribution in [0.5, 0.6) is 0 Å². The summed E-state index contributed by atoms with van der Waals surface area (Å²) in [4.78, 5) is 22.2. The van der Waals surface area contributed by atoms with E-state index in [-0.39, 0.29) is 0 Å². The molecule has 2 N–H and O–H groups in total. The summed E-state index contributed by atoms with van der Waals surface area (Å²) in [6.45, 7) is 0. The van der Waals surface area contributed by atoms with E-state index in [2.05, 4.69) is 4.98 Å². The van der Waals surface area contributed by atoms with Crippen LogP contribution in [0.25, 0.3) is 0 Å². The predicted molar refractivity (Wildman–Crippen MR) is 46.7 cm³/mol. The Bertz CT molecular complexity index is 491. The highest BCUT2D eigenvalue weighted by Crippen LogP contribution is 2.26. The largest absolute Gasteiger partial charge is 0.378 e. The minimum absolute atomic E-state index is 0.526. The average molecular weight is 209 g/mol. The van der Waals surface area contributed by atoms with Crippen molar-refractivity contribution in [2.75, 3.05) is 5.73 Å². The molecule has 0 aliphatic carbocycles. The van der Waals surface area contributed by atoms with Crippen molar-refractivity contribution in [3.05, 3.63) is 32.0 Å². The van der Waals surface area contributed by atoms with E-state index in [0.717, 1.165) is 0 Å². The normalized spacial score (nSPS) is 9.27. The Kier molecular flexibility index (Phi) is 2.44. The van der Waals surface area contributed by atoms with Crippen LogP contribution >= 0.6 is 0 Å². The first-order valence-electron chi connectivity index (χ1n) is 3.46. The van der Waals surface area contributed by atoms with Gasteiger partial charge >= 0.3 is 11.4 Å². The molecular formula is C6H3N5O4. The number of hydrogen-bond acceptors (Lipinski definition) is 7. The van der Waals surface area contributed by atoms with E-state index in [4.69, 9.17) is 11.0 Å². The molecule has 0 amide bonds. The lowest BCUT2D eigenvalue weighted by molar-refractivity contribution is -0.394. The first kappa shape index (κ1) is 10.3. The lowest BCUT2D eigenvalue weighted by Gasteiger charge is -1.97. The van der Waals surface area contributed by atoms with Crippen molar-refractivity contribution < 1.29 is 9.85 Å². The molecule has 0 atom stereocenters. The third-order valence-corrected chi connectivity index (χ3v) is 1.51. The summed E-state index contributed by atoms with van der Waals surface area (Å²) in [6.07, 6.45) is 0. The smallest absolute Gasteiger partial charge is 0.318 e. The predicted octanol–water partition coefficient (Wildman–Crippen LogP) is 0.352. The van der Waals surface area contributed by atoms with Crippen LogP contribution in [0.3, 0.4) is 0 Å². The van der Waals surface area contributed by atoms with Crippen molar-refractivity contribution in [3.63, 3.8) is 0 Å². The highest BCUT2D eigenvalue weighted by molar-refractivity contribution is 5.61. The first-order valence-corrected chi connectivity index (χ1v) is 3.46. The van der Waals surface area contributed by atoms with Gasteiger partial charge in [-0.25, -0.2) is 4.98 Å². The monoisotopic (exact) mass is 209 g/mol.